The quantitative estimate of drug-likeness (QED) is 0.650. The summed E-state index contributed by atoms with van der Waals surface area (Å²) >= 11 is 4.22. The molecular weight excluding hydrogens is 350 g/mol. The van der Waals surface area contributed by atoms with E-state index in [9.17, 15) is 12.6 Å². The number of thiol groups is 1. The molecule has 3 unspecified atom stereocenters. The first kappa shape index (κ1) is 17.6. The van der Waals surface area contributed by atoms with Crippen molar-refractivity contribution < 1.29 is 32.1 Å². The Bertz CT molecular complexity index is 466. The summed E-state index contributed by atoms with van der Waals surface area (Å²) in [5.74, 6) is 0. The minimum Gasteiger partial charge on any atom is -0.255 e. The van der Waals surface area contributed by atoms with Gasteiger partial charge in [0.15, 0.2) is 0 Å². The largest absolute Gasteiger partial charge is 2.00 e. The fourth-order valence-corrected chi connectivity index (χ4v) is 4.19. The zero-order valence-corrected chi connectivity index (χ0v) is 16.1. The van der Waals surface area contributed by atoms with Crippen LogP contribution in [-0.4, -0.2) is 31.4 Å². The van der Waals surface area contributed by atoms with E-state index in [1.165, 1.54) is 18.8 Å². The Kier molecular flexibility index (Phi) is 7.56. The second-order valence-electron chi connectivity index (χ2n) is 3.13. The van der Waals surface area contributed by atoms with Crippen LogP contribution in [0.25, 0.3) is 0 Å². The third-order valence-electron chi connectivity index (χ3n) is 1.96. The molecule has 1 rings (SSSR count). The molecule has 1 aromatic carbocycles. The van der Waals surface area contributed by atoms with Gasteiger partial charge < -0.3 is 0 Å². The van der Waals surface area contributed by atoms with E-state index in [2.05, 4.69) is 12.6 Å². The summed E-state index contributed by atoms with van der Waals surface area (Å²) in [6, 6.07) is 3.18. The fourth-order valence-electron chi connectivity index (χ4n) is 1.16. The van der Waals surface area contributed by atoms with Gasteiger partial charge in [0.05, 0.1) is 31.4 Å². The van der Waals surface area contributed by atoms with E-state index in [0.717, 1.165) is 0 Å². The van der Waals surface area contributed by atoms with Gasteiger partial charge in [-0.25, -0.2) is 0 Å². The molecule has 90 valence electrons. The Balaban J connectivity index is 0.00000256. The molecule has 0 radical (unpaired) electrons. The smallest absolute Gasteiger partial charge is 0.255 e. The van der Waals surface area contributed by atoms with E-state index >= 15 is 0 Å². The molecule has 3 atom stereocenters. The number of rotatable bonds is 3. The van der Waals surface area contributed by atoms with Gasteiger partial charge in [-0.1, -0.05) is 0 Å². The minimum absolute atomic E-state index is 0. The van der Waals surface area contributed by atoms with Gasteiger partial charge in [0, 0.05) is 39.4 Å². The van der Waals surface area contributed by atoms with Gasteiger partial charge in [-0.3, -0.25) is 12.6 Å². The van der Waals surface area contributed by atoms with E-state index in [-0.39, 0.29) is 19.5 Å². The second-order valence-corrected chi connectivity index (χ2v) is 7.65. The molecule has 0 amide bonds. The van der Waals surface area contributed by atoms with Gasteiger partial charge in [0.2, 0.25) is 0 Å². The van der Waals surface area contributed by atoms with Gasteiger partial charge in [0.1, 0.15) is 0 Å². The summed E-state index contributed by atoms with van der Waals surface area (Å²) in [6.07, 6.45) is 4.55. The van der Waals surface area contributed by atoms with Crippen LogP contribution in [0.1, 0.15) is 0 Å². The normalized spacial score (nSPS) is 15.8. The molecule has 17 heavy (non-hydrogen) atoms. The molecule has 0 aliphatic carbocycles. The summed E-state index contributed by atoms with van der Waals surface area (Å²) in [7, 11) is -3.67. The van der Waals surface area contributed by atoms with Crippen molar-refractivity contribution in [3.05, 3.63) is 12.1 Å². The van der Waals surface area contributed by atoms with Crippen molar-refractivity contribution in [1.82, 2.24) is 0 Å². The van der Waals surface area contributed by atoms with Crippen LogP contribution < -0.4 is 0 Å². The second kappa shape index (κ2) is 7.29. The molecule has 0 bridgehead atoms. The topological polar surface area (TPSA) is 51.2 Å². The van der Waals surface area contributed by atoms with Gasteiger partial charge in [-0.2, -0.15) is 0 Å². The van der Waals surface area contributed by atoms with Crippen molar-refractivity contribution in [3.8, 4) is 0 Å². The maximum Gasteiger partial charge on any atom is 2.00 e. The van der Waals surface area contributed by atoms with Crippen molar-refractivity contribution in [2.45, 2.75) is 19.6 Å². The summed E-state index contributed by atoms with van der Waals surface area (Å²) in [5, 5.41) is 0. The first-order valence-corrected chi connectivity index (χ1v) is 9.34. The van der Waals surface area contributed by atoms with E-state index in [1.807, 2.05) is 0 Å². The van der Waals surface area contributed by atoms with E-state index < -0.39 is 32.4 Å². The first-order chi connectivity index (χ1) is 7.34. The Morgan fingerprint density at radius 3 is 1.47 bits per heavy atom. The van der Waals surface area contributed by atoms with Crippen LogP contribution in [0, 0.1) is 0 Å². The number of benzene rings is 1. The molecule has 3 nitrogen and oxygen atoms in total. The third-order valence-corrected chi connectivity index (χ3v) is 5.53. The van der Waals surface area contributed by atoms with E-state index in [0.29, 0.717) is 19.6 Å². The minimum atomic E-state index is -1.24. The molecule has 0 aromatic heterocycles. The molecule has 8 heteroatoms. The van der Waals surface area contributed by atoms with Gasteiger partial charge in [0.25, 0.3) is 0 Å². The van der Waals surface area contributed by atoms with Crippen LogP contribution in [0.15, 0.2) is 31.7 Å². The maximum atomic E-state index is 11.5. The van der Waals surface area contributed by atoms with Crippen LogP contribution in [0.2, 0.25) is 0 Å². The number of hydrogen-bond donors (Lipinski definition) is 1. The van der Waals surface area contributed by atoms with Crippen LogP contribution in [0.5, 0.6) is 0 Å². The molecule has 0 fully saturated rings. The van der Waals surface area contributed by atoms with Crippen LogP contribution in [0.3, 0.4) is 0 Å². The van der Waals surface area contributed by atoms with Crippen molar-refractivity contribution in [2.75, 3.05) is 18.8 Å². The Hall–Kier alpha value is 0.643. The molecular formula is C9H12O3S4Zn+2. The van der Waals surface area contributed by atoms with Gasteiger partial charge in [-0.15, -0.1) is 12.6 Å². The van der Waals surface area contributed by atoms with Crippen LogP contribution in [-0.2, 0) is 51.9 Å². The zero-order chi connectivity index (χ0) is 12.5. The predicted molar refractivity (Wildman–Crippen MR) is 70.7 cm³/mol. The van der Waals surface area contributed by atoms with Crippen molar-refractivity contribution in [3.63, 3.8) is 0 Å². The summed E-state index contributed by atoms with van der Waals surface area (Å²) in [4.78, 5) is 1.92. The third kappa shape index (κ3) is 4.35. The standard InChI is InChI=1S/C9H12O3S4.Zn/c1-14(10)6-4-7(15(2)11)9(13)8(5-6)16(3)12;/h4-5,13H,1-3H3;/q;+2. The molecule has 1 aromatic rings. The van der Waals surface area contributed by atoms with Crippen LogP contribution in [0.4, 0.5) is 0 Å². The van der Waals surface area contributed by atoms with Crippen molar-refractivity contribution in [2.24, 2.45) is 0 Å². The molecule has 0 heterocycles. The molecule has 0 aliphatic rings. The predicted octanol–water partition coefficient (Wildman–Crippen LogP) is 1.19. The van der Waals surface area contributed by atoms with Gasteiger partial charge >= 0.3 is 19.5 Å². The summed E-state index contributed by atoms with van der Waals surface area (Å²) in [6.45, 7) is 0. The zero-order valence-electron chi connectivity index (χ0n) is 9.76. The fraction of sp³-hybridized carbons (Fsp3) is 0.333. The van der Waals surface area contributed by atoms with E-state index in [4.69, 9.17) is 0 Å². The molecule has 0 aliphatic heterocycles. The molecule has 0 saturated heterocycles. The molecule has 0 spiro atoms. The van der Waals surface area contributed by atoms with Crippen molar-refractivity contribution in [1.29, 1.82) is 0 Å². The maximum absolute atomic E-state index is 11.5. The van der Waals surface area contributed by atoms with E-state index in [1.54, 1.807) is 12.1 Å². The molecule has 0 saturated carbocycles. The average molecular weight is 362 g/mol. The number of hydrogen-bond acceptors (Lipinski definition) is 4. The monoisotopic (exact) mass is 360 g/mol. The average Bonchev–Trinajstić information content (AvgIpc) is 2.16. The first-order valence-electron chi connectivity index (χ1n) is 4.22. The van der Waals surface area contributed by atoms with Crippen molar-refractivity contribution >= 4 is 45.0 Å². The van der Waals surface area contributed by atoms with Gasteiger partial charge in [-0.05, 0) is 12.1 Å². The Morgan fingerprint density at radius 2 is 1.24 bits per heavy atom. The SMILES string of the molecule is CS(=O)c1cc(S(C)=O)c(S)c(S(C)=O)c1.[Zn+2]. The summed E-state index contributed by atoms with van der Waals surface area (Å²) in [5.41, 5.74) is 0. The summed E-state index contributed by atoms with van der Waals surface area (Å²) < 4.78 is 34.4. The molecule has 0 N–H and O–H groups in total. The Morgan fingerprint density at radius 1 is 0.882 bits per heavy atom. The van der Waals surface area contributed by atoms with Crippen LogP contribution >= 0.6 is 12.6 Å². The Labute approximate surface area is 127 Å².